The average Bonchev–Trinajstić information content (AvgIpc) is 2.82. The summed E-state index contributed by atoms with van der Waals surface area (Å²) in [6.45, 7) is 8.68. The molecule has 0 unspecified atom stereocenters. The number of hydrogen-bond acceptors (Lipinski definition) is 4. The zero-order valence-electron chi connectivity index (χ0n) is 20.2. The van der Waals surface area contributed by atoms with Crippen molar-refractivity contribution in [2.45, 2.75) is 64.6 Å². The van der Waals surface area contributed by atoms with E-state index < -0.39 is 0 Å². The maximum Gasteiger partial charge on any atom is 0.133 e. The van der Waals surface area contributed by atoms with Gasteiger partial charge >= 0.3 is 0 Å². The Kier molecular flexibility index (Phi) is 3.88. The van der Waals surface area contributed by atoms with Gasteiger partial charge in [0.05, 0.1) is 22.1 Å². The van der Waals surface area contributed by atoms with Gasteiger partial charge in [-0.15, -0.1) is 0 Å². The van der Waals surface area contributed by atoms with Crippen LogP contribution in [0.15, 0.2) is 48.5 Å². The van der Waals surface area contributed by atoms with E-state index in [0.29, 0.717) is 0 Å². The van der Waals surface area contributed by atoms with Crippen molar-refractivity contribution >= 4 is 43.6 Å². The van der Waals surface area contributed by atoms with Crippen LogP contribution in [-0.2, 0) is 12.8 Å². The third kappa shape index (κ3) is 2.78. The van der Waals surface area contributed by atoms with Crippen molar-refractivity contribution in [2.75, 3.05) is 0 Å². The van der Waals surface area contributed by atoms with Gasteiger partial charge in [0.25, 0.3) is 0 Å². The molecular formula is C30H28N2O2. The van der Waals surface area contributed by atoms with E-state index >= 15 is 0 Å². The first-order chi connectivity index (χ1) is 16.3. The third-order valence-electron chi connectivity index (χ3n) is 7.58. The molecule has 0 saturated heterocycles. The van der Waals surface area contributed by atoms with E-state index in [0.717, 1.165) is 80.8 Å². The molecule has 1 aromatic heterocycles. The zero-order valence-corrected chi connectivity index (χ0v) is 20.2. The van der Waals surface area contributed by atoms with Crippen molar-refractivity contribution in [1.82, 2.24) is 9.97 Å². The number of fused-ring (bicyclic) bond motifs is 12. The van der Waals surface area contributed by atoms with Gasteiger partial charge in [-0.25, -0.2) is 9.97 Å². The van der Waals surface area contributed by atoms with Crippen molar-refractivity contribution in [3.63, 3.8) is 0 Å². The Bertz CT molecular complexity index is 1540. The molecule has 170 valence electrons. The van der Waals surface area contributed by atoms with Crippen molar-refractivity contribution in [3.05, 3.63) is 59.7 Å². The molecule has 0 radical (unpaired) electrons. The lowest BCUT2D eigenvalue weighted by molar-refractivity contribution is 0.0869. The lowest BCUT2D eigenvalue weighted by atomic mass is 9.89. The van der Waals surface area contributed by atoms with E-state index in [1.165, 1.54) is 11.1 Å². The maximum atomic E-state index is 6.57. The van der Waals surface area contributed by atoms with E-state index in [-0.39, 0.29) is 11.2 Å². The van der Waals surface area contributed by atoms with Gasteiger partial charge in [-0.3, -0.25) is 0 Å². The van der Waals surface area contributed by atoms with Crippen molar-refractivity contribution in [2.24, 2.45) is 0 Å². The first-order valence-electron chi connectivity index (χ1n) is 12.3. The predicted molar refractivity (Wildman–Crippen MR) is 138 cm³/mol. The normalized spacial score (nSPS) is 18.5. The second-order valence-electron chi connectivity index (χ2n) is 11.0. The van der Waals surface area contributed by atoms with Crippen LogP contribution in [0.25, 0.3) is 43.6 Å². The summed E-state index contributed by atoms with van der Waals surface area (Å²) in [5, 5.41) is 4.45. The highest BCUT2D eigenvalue weighted by atomic mass is 16.5. The summed E-state index contributed by atoms with van der Waals surface area (Å²) in [5.74, 6) is 1.95. The molecule has 5 aromatic rings. The molecule has 7 rings (SSSR count). The quantitative estimate of drug-likeness (QED) is 0.184. The van der Waals surface area contributed by atoms with Crippen molar-refractivity contribution in [1.29, 1.82) is 0 Å². The minimum Gasteiger partial charge on any atom is -0.487 e. The Morgan fingerprint density at radius 3 is 1.35 bits per heavy atom. The summed E-state index contributed by atoms with van der Waals surface area (Å²) in [6, 6.07) is 16.9. The molecule has 0 amide bonds. The molecule has 4 nitrogen and oxygen atoms in total. The molecule has 0 spiro atoms. The van der Waals surface area contributed by atoms with Crippen LogP contribution in [0, 0.1) is 0 Å². The summed E-state index contributed by atoms with van der Waals surface area (Å²) < 4.78 is 13.1. The van der Waals surface area contributed by atoms with Crippen molar-refractivity contribution in [3.8, 4) is 11.5 Å². The zero-order chi connectivity index (χ0) is 23.2. The minimum atomic E-state index is -0.191. The molecule has 2 aliphatic heterocycles. The minimum absolute atomic E-state index is 0.191. The Labute approximate surface area is 198 Å². The number of aryl methyl sites for hydroxylation is 2. The van der Waals surface area contributed by atoms with Gasteiger partial charge in [0, 0.05) is 32.7 Å². The van der Waals surface area contributed by atoms with Crippen molar-refractivity contribution < 1.29 is 9.47 Å². The summed E-state index contributed by atoms with van der Waals surface area (Å²) in [4.78, 5) is 10.7. The van der Waals surface area contributed by atoms with Gasteiger partial charge < -0.3 is 9.47 Å². The van der Waals surface area contributed by atoms with E-state index in [1.54, 1.807) is 0 Å². The van der Waals surface area contributed by atoms with Crippen LogP contribution in [0.4, 0.5) is 0 Å². The molecule has 0 fully saturated rings. The van der Waals surface area contributed by atoms with Gasteiger partial charge in [0.2, 0.25) is 0 Å². The molecule has 34 heavy (non-hydrogen) atoms. The number of rotatable bonds is 0. The Morgan fingerprint density at radius 1 is 0.559 bits per heavy atom. The summed E-state index contributed by atoms with van der Waals surface area (Å²) in [6.07, 6.45) is 3.79. The number of ether oxygens (including phenoxy) is 2. The van der Waals surface area contributed by atoms with Gasteiger partial charge in [0.15, 0.2) is 0 Å². The predicted octanol–water partition coefficient (Wildman–Crippen LogP) is 7.30. The fourth-order valence-corrected chi connectivity index (χ4v) is 5.75. The molecular weight excluding hydrogens is 420 g/mol. The first-order valence-corrected chi connectivity index (χ1v) is 12.3. The van der Waals surface area contributed by atoms with Crippen LogP contribution in [0.2, 0.25) is 0 Å². The first kappa shape index (κ1) is 20.0. The summed E-state index contributed by atoms with van der Waals surface area (Å²) >= 11 is 0. The molecule has 0 atom stereocenters. The van der Waals surface area contributed by atoms with E-state index in [2.05, 4.69) is 76.2 Å². The molecule has 0 N–H and O–H groups in total. The fraction of sp³-hybridized carbons (Fsp3) is 0.333. The molecule has 0 bridgehead atoms. The topological polar surface area (TPSA) is 44.2 Å². The van der Waals surface area contributed by atoms with Gasteiger partial charge in [0.1, 0.15) is 22.7 Å². The van der Waals surface area contributed by atoms with Crippen LogP contribution in [0.1, 0.15) is 51.7 Å². The van der Waals surface area contributed by atoms with Gasteiger partial charge in [-0.05, 0) is 53.4 Å². The Balaban J connectivity index is 1.67. The van der Waals surface area contributed by atoms with Crippen LogP contribution in [0.3, 0.4) is 0 Å². The summed E-state index contributed by atoms with van der Waals surface area (Å²) in [5.41, 5.74) is 5.86. The SMILES string of the molecule is CC1(C)CCc2c(c3ccccc3c3nc4c5c(c6ccccc6c4nc23)OC(C)(C)CC5)O1. The number of hydrogen-bond donors (Lipinski definition) is 0. The second kappa shape index (κ2) is 6.59. The molecule has 2 aliphatic rings. The lowest BCUT2D eigenvalue weighted by Gasteiger charge is -2.35. The number of nitrogens with zero attached hydrogens (tertiary/aromatic N) is 2. The van der Waals surface area contributed by atoms with Crippen LogP contribution >= 0.6 is 0 Å². The lowest BCUT2D eigenvalue weighted by Crippen LogP contribution is -2.33. The fourth-order valence-electron chi connectivity index (χ4n) is 5.75. The smallest absolute Gasteiger partial charge is 0.133 e. The largest absolute Gasteiger partial charge is 0.487 e. The molecule has 0 aliphatic carbocycles. The van der Waals surface area contributed by atoms with Crippen LogP contribution < -0.4 is 9.47 Å². The van der Waals surface area contributed by atoms with E-state index in [9.17, 15) is 0 Å². The molecule has 4 heteroatoms. The van der Waals surface area contributed by atoms with E-state index in [1.807, 2.05) is 0 Å². The standard InChI is InChI=1S/C30H28N2O2/c1-29(2)15-13-21-25-23(17-9-5-7-11-19(17)27(21)33-29)32-26-22-14-16-30(3,4)34-28(22)20-12-8-6-10-18(20)24(26)31-25/h5-12H,13-16H2,1-4H3. The van der Waals surface area contributed by atoms with Crippen LogP contribution in [-0.4, -0.2) is 21.2 Å². The maximum absolute atomic E-state index is 6.57. The second-order valence-corrected chi connectivity index (χ2v) is 11.0. The Hall–Kier alpha value is -3.40. The monoisotopic (exact) mass is 448 g/mol. The highest BCUT2D eigenvalue weighted by molar-refractivity contribution is 6.15. The van der Waals surface area contributed by atoms with E-state index in [4.69, 9.17) is 19.4 Å². The summed E-state index contributed by atoms with van der Waals surface area (Å²) in [7, 11) is 0. The number of benzene rings is 4. The van der Waals surface area contributed by atoms with Gasteiger partial charge in [-0.1, -0.05) is 48.5 Å². The highest BCUT2D eigenvalue weighted by Gasteiger charge is 2.33. The number of aromatic nitrogens is 2. The Morgan fingerprint density at radius 2 is 0.941 bits per heavy atom. The van der Waals surface area contributed by atoms with Crippen LogP contribution in [0.5, 0.6) is 11.5 Å². The molecule has 0 saturated carbocycles. The van der Waals surface area contributed by atoms with Gasteiger partial charge in [-0.2, -0.15) is 0 Å². The highest BCUT2D eigenvalue weighted by Crippen LogP contribution is 2.47. The molecule has 3 heterocycles. The third-order valence-corrected chi connectivity index (χ3v) is 7.58. The molecule has 4 aromatic carbocycles. The average molecular weight is 449 g/mol.